The van der Waals surface area contributed by atoms with Gasteiger partial charge in [0.05, 0.1) is 6.10 Å². The van der Waals surface area contributed by atoms with Crippen molar-refractivity contribution >= 4 is 0 Å². The van der Waals surface area contributed by atoms with Crippen molar-refractivity contribution in [3.8, 4) is 0 Å². The highest BCUT2D eigenvalue weighted by atomic mass is 16.5. The molecule has 2 rings (SSSR count). The minimum Gasteiger partial charge on any atom is -0.377 e. The van der Waals surface area contributed by atoms with Gasteiger partial charge in [0.15, 0.2) is 0 Å². The zero-order valence-corrected chi connectivity index (χ0v) is 13.7. The molecule has 3 unspecified atom stereocenters. The summed E-state index contributed by atoms with van der Waals surface area (Å²) in [5, 5.41) is 3.61. The van der Waals surface area contributed by atoms with Gasteiger partial charge in [-0.05, 0) is 50.1 Å². The molecular formula is C19H31NO. The Labute approximate surface area is 130 Å². The van der Waals surface area contributed by atoms with Crippen LogP contribution in [0.3, 0.4) is 0 Å². The smallest absolute Gasteiger partial charge is 0.0730 e. The summed E-state index contributed by atoms with van der Waals surface area (Å²) in [5.41, 5.74) is 1.42. The zero-order chi connectivity index (χ0) is 14.9. The normalized spacial score (nSPS) is 25.9. The lowest BCUT2D eigenvalue weighted by atomic mass is 9.82. The van der Waals surface area contributed by atoms with Gasteiger partial charge in [-0.2, -0.15) is 0 Å². The molecule has 1 fully saturated rings. The lowest BCUT2D eigenvalue weighted by Crippen LogP contribution is -2.45. The van der Waals surface area contributed by atoms with Crippen LogP contribution in [0.5, 0.6) is 0 Å². The molecular weight excluding hydrogens is 258 g/mol. The monoisotopic (exact) mass is 289 g/mol. The first-order chi connectivity index (χ1) is 10.3. The van der Waals surface area contributed by atoms with E-state index in [-0.39, 0.29) is 0 Å². The van der Waals surface area contributed by atoms with Gasteiger partial charge in [0.1, 0.15) is 0 Å². The van der Waals surface area contributed by atoms with E-state index in [0.717, 1.165) is 31.9 Å². The predicted octanol–water partition coefficient (Wildman–Crippen LogP) is 4.19. The van der Waals surface area contributed by atoms with Gasteiger partial charge in [-0.3, -0.25) is 0 Å². The summed E-state index contributed by atoms with van der Waals surface area (Å²) < 4.78 is 6.24. The van der Waals surface area contributed by atoms with Gasteiger partial charge < -0.3 is 10.1 Å². The Morgan fingerprint density at radius 2 is 1.95 bits per heavy atom. The van der Waals surface area contributed by atoms with Crippen molar-refractivity contribution < 1.29 is 4.74 Å². The molecule has 0 saturated heterocycles. The maximum absolute atomic E-state index is 6.24. The van der Waals surface area contributed by atoms with E-state index in [9.17, 15) is 0 Å². The van der Waals surface area contributed by atoms with E-state index in [0.29, 0.717) is 12.1 Å². The zero-order valence-electron chi connectivity index (χ0n) is 13.7. The Hall–Kier alpha value is -0.860. The number of rotatable bonds is 8. The Balaban J connectivity index is 1.73. The van der Waals surface area contributed by atoms with Gasteiger partial charge in [-0.15, -0.1) is 0 Å². The molecule has 2 heteroatoms. The molecule has 1 N–H and O–H groups in total. The van der Waals surface area contributed by atoms with Gasteiger partial charge in [0, 0.05) is 12.6 Å². The highest BCUT2D eigenvalue weighted by molar-refractivity contribution is 5.14. The Morgan fingerprint density at radius 3 is 2.67 bits per heavy atom. The number of aryl methyl sites for hydroxylation is 1. The van der Waals surface area contributed by atoms with Crippen LogP contribution in [0.2, 0.25) is 0 Å². The van der Waals surface area contributed by atoms with Crippen LogP contribution in [0, 0.1) is 5.92 Å². The average molecular weight is 289 g/mol. The van der Waals surface area contributed by atoms with Crippen LogP contribution < -0.4 is 5.32 Å². The summed E-state index contributed by atoms with van der Waals surface area (Å²) in [6.07, 6.45) is 7.82. The van der Waals surface area contributed by atoms with Crippen molar-refractivity contribution in [2.45, 2.75) is 64.5 Å². The molecule has 0 aliphatic heterocycles. The second-order valence-electron chi connectivity index (χ2n) is 6.25. The average Bonchev–Trinajstić information content (AvgIpc) is 2.54. The van der Waals surface area contributed by atoms with Crippen LogP contribution in [0.1, 0.15) is 51.5 Å². The van der Waals surface area contributed by atoms with Crippen molar-refractivity contribution in [1.82, 2.24) is 5.32 Å². The number of benzene rings is 1. The molecule has 1 aromatic carbocycles. The molecule has 1 saturated carbocycles. The summed E-state index contributed by atoms with van der Waals surface area (Å²) in [6, 6.07) is 11.3. The highest BCUT2D eigenvalue weighted by Crippen LogP contribution is 2.29. The fraction of sp³-hybridized carbons (Fsp3) is 0.684. The number of hydrogen-bond acceptors (Lipinski definition) is 2. The van der Waals surface area contributed by atoms with E-state index in [2.05, 4.69) is 49.5 Å². The molecule has 1 aromatic rings. The standard InChI is InChI=1S/C19H31NO/c1-3-16-12-13-18(20-4-2)19(15-16)21-14-8-11-17-9-6-5-7-10-17/h5-7,9-10,16,18-20H,3-4,8,11-15H2,1-2H3. The molecule has 0 bridgehead atoms. The molecule has 21 heavy (non-hydrogen) atoms. The van der Waals surface area contributed by atoms with Crippen LogP contribution in [-0.2, 0) is 11.2 Å². The fourth-order valence-corrected chi connectivity index (χ4v) is 3.42. The van der Waals surface area contributed by atoms with Crippen molar-refractivity contribution in [3.63, 3.8) is 0 Å². The maximum atomic E-state index is 6.24. The maximum Gasteiger partial charge on any atom is 0.0730 e. The molecule has 0 aromatic heterocycles. The number of hydrogen-bond donors (Lipinski definition) is 1. The Morgan fingerprint density at radius 1 is 1.14 bits per heavy atom. The van der Waals surface area contributed by atoms with Gasteiger partial charge in [-0.25, -0.2) is 0 Å². The first-order valence-electron chi connectivity index (χ1n) is 8.72. The van der Waals surface area contributed by atoms with E-state index in [1.165, 1.54) is 31.2 Å². The topological polar surface area (TPSA) is 21.3 Å². The van der Waals surface area contributed by atoms with Crippen molar-refractivity contribution in [2.24, 2.45) is 5.92 Å². The Bertz CT molecular complexity index is 378. The molecule has 1 aliphatic carbocycles. The third-order valence-electron chi connectivity index (χ3n) is 4.73. The van der Waals surface area contributed by atoms with Gasteiger partial charge in [0.25, 0.3) is 0 Å². The van der Waals surface area contributed by atoms with Crippen LogP contribution in [0.4, 0.5) is 0 Å². The minimum absolute atomic E-state index is 0.416. The van der Waals surface area contributed by atoms with Gasteiger partial charge >= 0.3 is 0 Å². The number of nitrogens with one attached hydrogen (secondary N) is 1. The third-order valence-corrected chi connectivity index (χ3v) is 4.73. The molecule has 3 atom stereocenters. The van der Waals surface area contributed by atoms with E-state index >= 15 is 0 Å². The largest absolute Gasteiger partial charge is 0.377 e. The van der Waals surface area contributed by atoms with Crippen molar-refractivity contribution in [3.05, 3.63) is 35.9 Å². The first-order valence-corrected chi connectivity index (χ1v) is 8.72. The predicted molar refractivity (Wildman–Crippen MR) is 89.6 cm³/mol. The minimum atomic E-state index is 0.416. The molecule has 0 spiro atoms. The van der Waals surface area contributed by atoms with Crippen LogP contribution in [0.25, 0.3) is 0 Å². The Kier molecular flexibility index (Phi) is 7.25. The number of likely N-dealkylation sites (N-methyl/N-ethyl adjacent to an activating group) is 1. The van der Waals surface area contributed by atoms with Crippen LogP contribution in [0.15, 0.2) is 30.3 Å². The summed E-state index contributed by atoms with van der Waals surface area (Å²) >= 11 is 0. The van der Waals surface area contributed by atoms with E-state index in [4.69, 9.17) is 4.74 Å². The molecule has 1 aliphatic rings. The van der Waals surface area contributed by atoms with Gasteiger partial charge in [-0.1, -0.05) is 50.6 Å². The van der Waals surface area contributed by atoms with Gasteiger partial charge in [0.2, 0.25) is 0 Å². The molecule has 0 amide bonds. The van der Waals surface area contributed by atoms with Crippen LogP contribution in [-0.4, -0.2) is 25.3 Å². The van der Waals surface area contributed by atoms with Crippen LogP contribution >= 0.6 is 0 Å². The SMILES string of the molecule is CCNC1CCC(CC)CC1OCCCc1ccccc1. The highest BCUT2D eigenvalue weighted by Gasteiger charge is 2.29. The summed E-state index contributed by atoms with van der Waals surface area (Å²) in [7, 11) is 0. The lowest BCUT2D eigenvalue weighted by Gasteiger charge is -2.36. The summed E-state index contributed by atoms with van der Waals surface area (Å²) in [4.78, 5) is 0. The third kappa shape index (κ3) is 5.44. The second-order valence-corrected chi connectivity index (χ2v) is 6.25. The quantitative estimate of drug-likeness (QED) is 0.724. The number of ether oxygens (including phenoxy) is 1. The summed E-state index contributed by atoms with van der Waals surface area (Å²) in [5.74, 6) is 0.860. The second kappa shape index (κ2) is 9.22. The first kappa shape index (κ1) is 16.5. The van der Waals surface area contributed by atoms with Crippen molar-refractivity contribution in [2.75, 3.05) is 13.2 Å². The lowest BCUT2D eigenvalue weighted by molar-refractivity contribution is -0.0109. The fourth-order valence-electron chi connectivity index (χ4n) is 3.42. The van der Waals surface area contributed by atoms with E-state index in [1.54, 1.807) is 0 Å². The molecule has 0 heterocycles. The summed E-state index contributed by atoms with van der Waals surface area (Å²) in [6.45, 7) is 6.44. The van der Waals surface area contributed by atoms with E-state index in [1.807, 2.05) is 0 Å². The van der Waals surface area contributed by atoms with Crippen molar-refractivity contribution in [1.29, 1.82) is 0 Å². The van der Waals surface area contributed by atoms with E-state index < -0.39 is 0 Å². The molecule has 2 nitrogen and oxygen atoms in total. The molecule has 0 radical (unpaired) electrons. The molecule has 118 valence electrons.